The Labute approximate surface area is 201 Å². The molecule has 6 heteroatoms. The molecule has 0 aliphatic carbocycles. The van der Waals surface area contributed by atoms with E-state index in [2.05, 4.69) is 54.0 Å². The van der Waals surface area contributed by atoms with Gasteiger partial charge < -0.3 is 4.57 Å². The molecule has 5 rings (SSSR count). The summed E-state index contributed by atoms with van der Waals surface area (Å²) in [6, 6.07) is 24.8. The number of hydrogen-bond donors (Lipinski definition) is 0. The second-order valence-corrected chi connectivity index (χ2v) is 11.4. The van der Waals surface area contributed by atoms with E-state index in [1.54, 1.807) is 0 Å². The largest absolute Gasteiger partial charge is 0.340 e. The van der Waals surface area contributed by atoms with E-state index in [4.69, 9.17) is 5.10 Å². The van der Waals surface area contributed by atoms with E-state index in [0.717, 1.165) is 17.8 Å². The molecule has 0 bridgehead atoms. The third kappa shape index (κ3) is 4.60. The van der Waals surface area contributed by atoms with Gasteiger partial charge >= 0.3 is 0 Å². The number of rotatable bonds is 8. The molecule has 1 atom stereocenters. The summed E-state index contributed by atoms with van der Waals surface area (Å²) < 4.78 is 26.7. The fourth-order valence-electron chi connectivity index (χ4n) is 4.96. The highest BCUT2D eigenvalue weighted by molar-refractivity contribution is 7.91. The Bertz CT molecular complexity index is 1420. The molecule has 34 heavy (non-hydrogen) atoms. The van der Waals surface area contributed by atoms with Crippen LogP contribution in [0.1, 0.15) is 38.2 Å². The Morgan fingerprint density at radius 2 is 1.74 bits per heavy atom. The fourth-order valence-corrected chi connectivity index (χ4v) is 6.65. The minimum atomic E-state index is -3.01. The van der Waals surface area contributed by atoms with Crippen LogP contribution in [0.2, 0.25) is 0 Å². The summed E-state index contributed by atoms with van der Waals surface area (Å²) >= 11 is 0. The van der Waals surface area contributed by atoms with Gasteiger partial charge in [-0.05, 0) is 48.7 Å². The summed E-state index contributed by atoms with van der Waals surface area (Å²) in [5.41, 5.74) is 4.43. The average Bonchev–Trinajstić information content (AvgIpc) is 3.37. The van der Waals surface area contributed by atoms with Crippen molar-refractivity contribution < 1.29 is 8.42 Å². The van der Waals surface area contributed by atoms with Crippen molar-refractivity contribution in [1.29, 1.82) is 0 Å². The Hall–Kier alpha value is -3.12. The highest BCUT2D eigenvalue weighted by Crippen LogP contribution is 2.30. The monoisotopic (exact) mass is 473 g/mol. The highest BCUT2D eigenvalue weighted by Gasteiger charge is 2.32. The molecule has 0 saturated carbocycles. The molecule has 0 amide bonds. The van der Waals surface area contributed by atoms with Crippen molar-refractivity contribution in [2.45, 2.75) is 45.2 Å². The first kappa shape index (κ1) is 22.7. The van der Waals surface area contributed by atoms with Crippen molar-refractivity contribution in [3.8, 4) is 0 Å². The summed E-state index contributed by atoms with van der Waals surface area (Å²) in [7, 11) is -3.01. The molecular formula is C28H31N3O2S. The van der Waals surface area contributed by atoms with Crippen LogP contribution in [0.5, 0.6) is 0 Å². The van der Waals surface area contributed by atoms with E-state index in [-0.39, 0.29) is 17.5 Å². The van der Waals surface area contributed by atoms with Gasteiger partial charge in [-0.1, -0.05) is 62.2 Å². The van der Waals surface area contributed by atoms with E-state index in [9.17, 15) is 8.42 Å². The first-order valence-corrected chi connectivity index (χ1v) is 14.0. The second-order valence-electron chi connectivity index (χ2n) is 9.13. The molecule has 4 aromatic rings. The zero-order valence-corrected chi connectivity index (χ0v) is 20.4. The van der Waals surface area contributed by atoms with E-state index in [1.807, 2.05) is 41.6 Å². The molecule has 2 heterocycles. The van der Waals surface area contributed by atoms with Crippen molar-refractivity contribution >= 4 is 43.5 Å². The quantitative estimate of drug-likeness (QED) is 0.179. The zero-order chi connectivity index (χ0) is 23.5. The number of aryl methyl sites for hydroxylation is 1. The van der Waals surface area contributed by atoms with Gasteiger partial charge in [-0.3, -0.25) is 5.01 Å². The lowest BCUT2D eigenvalue weighted by molar-refractivity contribution is 0.600. The Balaban J connectivity index is 1.51. The molecular weight excluding hydrogens is 442 g/mol. The minimum absolute atomic E-state index is 0.142. The van der Waals surface area contributed by atoms with Gasteiger partial charge in [0.1, 0.15) is 0 Å². The van der Waals surface area contributed by atoms with Crippen molar-refractivity contribution in [3.05, 3.63) is 78.4 Å². The first-order valence-electron chi connectivity index (χ1n) is 12.2. The molecule has 5 nitrogen and oxygen atoms in total. The van der Waals surface area contributed by atoms with Gasteiger partial charge in [0.2, 0.25) is 0 Å². The molecule has 1 aliphatic rings. The number of benzene rings is 3. The molecule has 1 saturated heterocycles. The van der Waals surface area contributed by atoms with Crippen LogP contribution >= 0.6 is 0 Å². The lowest BCUT2D eigenvalue weighted by Gasteiger charge is -2.25. The van der Waals surface area contributed by atoms with Gasteiger partial charge in [0, 0.05) is 28.4 Å². The number of sulfone groups is 1. The second kappa shape index (κ2) is 9.63. The normalized spacial score (nSPS) is 17.7. The van der Waals surface area contributed by atoms with Crippen LogP contribution in [0.4, 0.5) is 5.69 Å². The summed E-state index contributed by atoms with van der Waals surface area (Å²) in [5, 5.41) is 9.16. The summed E-state index contributed by atoms with van der Waals surface area (Å²) in [6.07, 6.45) is 6.06. The summed E-state index contributed by atoms with van der Waals surface area (Å²) in [5.74, 6) is 0.365. The number of hydrogen-bond acceptors (Lipinski definition) is 4. The summed E-state index contributed by atoms with van der Waals surface area (Å²) in [6.45, 7) is 3.25. The predicted molar refractivity (Wildman–Crippen MR) is 143 cm³/mol. The number of aromatic nitrogens is 1. The standard InChI is InChI=1S/C28H31N3O2S/c1-2-3-9-17-30-27-13-8-7-12-25(27)26-19-22(14-15-28(26)30)20-29-31(23-10-5-4-6-11-23)24-16-18-34(32,33)21-24/h4-8,10-15,19-20,24H,2-3,9,16-18,21H2,1H3/b29-20-. The smallest absolute Gasteiger partial charge is 0.152 e. The zero-order valence-electron chi connectivity index (χ0n) is 19.6. The number of para-hydroxylation sites is 2. The summed E-state index contributed by atoms with van der Waals surface area (Å²) in [4.78, 5) is 0. The van der Waals surface area contributed by atoms with Gasteiger partial charge in [0.25, 0.3) is 0 Å². The average molecular weight is 474 g/mol. The topological polar surface area (TPSA) is 54.7 Å². The number of nitrogens with zero attached hydrogens (tertiary/aromatic N) is 3. The van der Waals surface area contributed by atoms with Crippen LogP contribution in [0.15, 0.2) is 77.9 Å². The maximum absolute atomic E-state index is 12.1. The van der Waals surface area contributed by atoms with Crippen LogP contribution in [0.25, 0.3) is 21.8 Å². The number of unbranched alkanes of at least 4 members (excludes halogenated alkanes) is 2. The van der Waals surface area contributed by atoms with Crippen molar-refractivity contribution in [2.75, 3.05) is 16.5 Å². The van der Waals surface area contributed by atoms with E-state index < -0.39 is 9.84 Å². The molecule has 0 N–H and O–H groups in total. The van der Waals surface area contributed by atoms with Crippen molar-refractivity contribution in [2.24, 2.45) is 5.10 Å². The van der Waals surface area contributed by atoms with Gasteiger partial charge in [-0.15, -0.1) is 0 Å². The molecule has 3 aromatic carbocycles. The molecule has 1 unspecified atom stereocenters. The lowest BCUT2D eigenvalue weighted by Crippen LogP contribution is -2.31. The Morgan fingerprint density at radius 1 is 0.971 bits per heavy atom. The Morgan fingerprint density at radius 3 is 2.50 bits per heavy atom. The number of hydrazone groups is 1. The predicted octanol–water partition coefficient (Wildman–Crippen LogP) is 6.01. The lowest BCUT2D eigenvalue weighted by atomic mass is 10.1. The van der Waals surface area contributed by atoms with Crippen LogP contribution in [0, 0.1) is 0 Å². The third-order valence-corrected chi connectivity index (χ3v) is 8.44. The Kier molecular flexibility index (Phi) is 6.42. The fraction of sp³-hybridized carbons (Fsp3) is 0.321. The van der Waals surface area contributed by atoms with E-state index >= 15 is 0 Å². The SMILES string of the molecule is CCCCCn1c2ccccc2c2cc(/C=N\N(c3ccccc3)C3CCS(=O)(=O)C3)ccc21. The maximum Gasteiger partial charge on any atom is 0.152 e. The van der Waals surface area contributed by atoms with Crippen molar-refractivity contribution in [3.63, 3.8) is 0 Å². The molecule has 0 spiro atoms. The first-order chi connectivity index (χ1) is 16.6. The number of anilines is 1. The molecule has 176 valence electrons. The van der Waals surface area contributed by atoms with Gasteiger partial charge in [0.15, 0.2) is 9.84 Å². The van der Waals surface area contributed by atoms with Gasteiger partial charge in [-0.2, -0.15) is 5.10 Å². The molecule has 1 fully saturated rings. The van der Waals surface area contributed by atoms with E-state index in [1.165, 1.54) is 41.1 Å². The highest BCUT2D eigenvalue weighted by atomic mass is 32.2. The van der Waals surface area contributed by atoms with Gasteiger partial charge in [-0.25, -0.2) is 8.42 Å². The van der Waals surface area contributed by atoms with Crippen molar-refractivity contribution in [1.82, 2.24) is 4.57 Å². The van der Waals surface area contributed by atoms with Crippen LogP contribution in [-0.2, 0) is 16.4 Å². The van der Waals surface area contributed by atoms with Crippen LogP contribution in [-0.4, -0.2) is 36.7 Å². The molecule has 0 radical (unpaired) electrons. The molecule has 1 aliphatic heterocycles. The maximum atomic E-state index is 12.1. The number of fused-ring (bicyclic) bond motifs is 3. The van der Waals surface area contributed by atoms with Crippen LogP contribution in [0.3, 0.4) is 0 Å². The molecule has 1 aromatic heterocycles. The van der Waals surface area contributed by atoms with Gasteiger partial charge in [0.05, 0.1) is 29.4 Å². The third-order valence-electron chi connectivity index (χ3n) is 6.69. The van der Waals surface area contributed by atoms with E-state index in [0.29, 0.717) is 6.42 Å². The minimum Gasteiger partial charge on any atom is -0.340 e. The van der Waals surface area contributed by atoms with Crippen LogP contribution < -0.4 is 5.01 Å².